The summed E-state index contributed by atoms with van der Waals surface area (Å²) >= 11 is 7.54. The number of hydrogen-bond acceptors (Lipinski definition) is 3. The van der Waals surface area contributed by atoms with E-state index < -0.39 is 0 Å². The molecule has 0 aromatic heterocycles. The smallest absolute Gasteiger partial charge is 0.234 e. The highest BCUT2D eigenvalue weighted by atomic mass is 35.5. The predicted molar refractivity (Wildman–Crippen MR) is 98.7 cm³/mol. The molecule has 23 heavy (non-hydrogen) atoms. The highest BCUT2D eigenvalue weighted by Crippen LogP contribution is 2.27. The minimum atomic E-state index is -0.0242. The molecule has 0 unspecified atom stereocenters. The first-order chi connectivity index (χ1) is 11.2. The summed E-state index contributed by atoms with van der Waals surface area (Å²) < 4.78 is 0. The average molecular weight is 347 g/mol. The van der Waals surface area contributed by atoms with Gasteiger partial charge in [0.2, 0.25) is 5.91 Å². The molecule has 1 fully saturated rings. The molecule has 0 aliphatic carbocycles. The molecule has 2 aromatic carbocycles. The molecule has 2 aromatic rings. The van der Waals surface area contributed by atoms with Gasteiger partial charge in [-0.25, -0.2) is 0 Å². The van der Waals surface area contributed by atoms with Crippen molar-refractivity contribution in [1.82, 2.24) is 0 Å². The zero-order chi connectivity index (χ0) is 16.1. The van der Waals surface area contributed by atoms with Gasteiger partial charge in [-0.2, -0.15) is 0 Å². The van der Waals surface area contributed by atoms with Crippen LogP contribution in [0.5, 0.6) is 0 Å². The molecule has 1 aliphatic heterocycles. The van der Waals surface area contributed by atoms with Gasteiger partial charge in [0.15, 0.2) is 0 Å². The Morgan fingerprint density at radius 2 is 1.78 bits per heavy atom. The average Bonchev–Trinajstić information content (AvgIpc) is 3.09. The van der Waals surface area contributed by atoms with Gasteiger partial charge in [-0.05, 0) is 49.2 Å². The number of halogens is 1. The first kappa shape index (κ1) is 16.2. The highest BCUT2D eigenvalue weighted by molar-refractivity contribution is 8.00. The lowest BCUT2D eigenvalue weighted by molar-refractivity contribution is -0.113. The molecule has 5 heteroatoms. The fourth-order valence-corrected chi connectivity index (χ4v) is 3.67. The lowest BCUT2D eigenvalue weighted by atomic mass is 10.2. The van der Waals surface area contributed by atoms with Crippen LogP contribution in [0.4, 0.5) is 11.4 Å². The molecule has 1 N–H and O–H groups in total. The topological polar surface area (TPSA) is 32.3 Å². The summed E-state index contributed by atoms with van der Waals surface area (Å²) in [5.74, 6) is 0.321. The summed E-state index contributed by atoms with van der Waals surface area (Å²) in [5, 5.41) is 3.61. The van der Waals surface area contributed by atoms with E-state index in [4.69, 9.17) is 11.6 Å². The van der Waals surface area contributed by atoms with Gasteiger partial charge in [0.25, 0.3) is 0 Å². The third kappa shape index (κ3) is 4.43. The van der Waals surface area contributed by atoms with Crippen molar-refractivity contribution in [2.45, 2.75) is 17.7 Å². The Morgan fingerprint density at radius 3 is 2.48 bits per heavy atom. The van der Waals surface area contributed by atoms with Crippen LogP contribution in [-0.4, -0.2) is 24.7 Å². The lowest BCUT2D eigenvalue weighted by Gasteiger charge is -2.17. The minimum absolute atomic E-state index is 0.0242. The Hall–Kier alpha value is -1.65. The van der Waals surface area contributed by atoms with Crippen LogP contribution in [-0.2, 0) is 4.79 Å². The summed E-state index contributed by atoms with van der Waals surface area (Å²) in [6.45, 7) is 2.25. The predicted octanol–water partition coefficient (Wildman–Crippen LogP) is 4.67. The van der Waals surface area contributed by atoms with E-state index in [1.165, 1.54) is 30.3 Å². The summed E-state index contributed by atoms with van der Waals surface area (Å²) in [5.41, 5.74) is 2.06. The third-order valence-electron chi connectivity index (χ3n) is 3.82. The Balaban J connectivity index is 1.52. The van der Waals surface area contributed by atoms with Gasteiger partial charge >= 0.3 is 0 Å². The molecule has 0 bridgehead atoms. The Morgan fingerprint density at radius 1 is 1.09 bits per heavy atom. The largest absolute Gasteiger partial charge is 0.372 e. The number of anilines is 2. The quantitative estimate of drug-likeness (QED) is 0.798. The first-order valence-corrected chi connectivity index (χ1v) is 9.11. The van der Waals surface area contributed by atoms with Gasteiger partial charge in [0.05, 0.1) is 10.8 Å². The molecule has 0 atom stereocenters. The lowest BCUT2D eigenvalue weighted by Crippen LogP contribution is -2.18. The van der Waals surface area contributed by atoms with E-state index in [2.05, 4.69) is 22.3 Å². The molecule has 1 heterocycles. The van der Waals surface area contributed by atoms with Gasteiger partial charge < -0.3 is 10.2 Å². The number of hydrogen-bond donors (Lipinski definition) is 1. The van der Waals surface area contributed by atoms with E-state index in [9.17, 15) is 4.79 Å². The molecule has 3 rings (SSSR count). The van der Waals surface area contributed by atoms with Crippen molar-refractivity contribution in [2.24, 2.45) is 0 Å². The van der Waals surface area contributed by atoms with Gasteiger partial charge in [-0.15, -0.1) is 11.8 Å². The summed E-state index contributed by atoms with van der Waals surface area (Å²) in [6.07, 6.45) is 2.52. The van der Waals surface area contributed by atoms with E-state index >= 15 is 0 Å². The molecule has 1 aliphatic rings. The maximum Gasteiger partial charge on any atom is 0.234 e. The van der Waals surface area contributed by atoms with Crippen LogP contribution >= 0.6 is 23.4 Å². The van der Waals surface area contributed by atoms with Gasteiger partial charge in [-0.1, -0.05) is 23.7 Å². The SMILES string of the molecule is O=C(CSc1ccccc1Cl)Nc1ccc(N2CCCC2)cc1. The number of nitrogens with zero attached hydrogens (tertiary/aromatic N) is 1. The third-order valence-corrected chi connectivity index (χ3v) is 5.33. The van der Waals surface area contributed by atoms with Crippen molar-refractivity contribution in [2.75, 3.05) is 29.1 Å². The van der Waals surface area contributed by atoms with Crippen LogP contribution in [0, 0.1) is 0 Å². The fraction of sp³-hybridized carbons (Fsp3) is 0.278. The Labute approximate surface area is 146 Å². The molecule has 120 valence electrons. The molecule has 0 spiro atoms. The zero-order valence-corrected chi connectivity index (χ0v) is 14.4. The second kappa shape index (κ2) is 7.75. The molecule has 3 nitrogen and oxygen atoms in total. The Bertz CT molecular complexity index is 669. The van der Waals surface area contributed by atoms with Gasteiger partial charge in [-0.3, -0.25) is 4.79 Å². The summed E-state index contributed by atoms with van der Waals surface area (Å²) in [7, 11) is 0. The monoisotopic (exact) mass is 346 g/mol. The van der Waals surface area contributed by atoms with Crippen LogP contribution in [0.25, 0.3) is 0 Å². The maximum absolute atomic E-state index is 12.1. The first-order valence-electron chi connectivity index (χ1n) is 7.74. The second-order valence-corrected chi connectivity index (χ2v) is 6.93. The standard InChI is InChI=1S/C18H19ClN2OS/c19-16-5-1-2-6-17(16)23-13-18(22)20-14-7-9-15(10-8-14)21-11-3-4-12-21/h1-2,5-10H,3-4,11-13H2,(H,20,22). The second-order valence-electron chi connectivity index (χ2n) is 5.51. The number of carbonyl (C=O) groups excluding carboxylic acids is 1. The van der Waals surface area contributed by atoms with Crippen molar-refractivity contribution < 1.29 is 4.79 Å². The van der Waals surface area contributed by atoms with Crippen molar-refractivity contribution in [3.8, 4) is 0 Å². The van der Waals surface area contributed by atoms with Crippen molar-refractivity contribution in [3.05, 3.63) is 53.6 Å². The minimum Gasteiger partial charge on any atom is -0.372 e. The number of carbonyl (C=O) groups is 1. The van der Waals surface area contributed by atoms with Crippen LogP contribution in [0.3, 0.4) is 0 Å². The molecule has 0 saturated carbocycles. The van der Waals surface area contributed by atoms with E-state index in [1.54, 1.807) is 0 Å². The van der Waals surface area contributed by atoms with Crippen LogP contribution in [0.2, 0.25) is 5.02 Å². The van der Waals surface area contributed by atoms with Crippen LogP contribution in [0.1, 0.15) is 12.8 Å². The van der Waals surface area contributed by atoms with E-state index in [1.807, 2.05) is 36.4 Å². The molecule has 1 amide bonds. The number of nitrogens with one attached hydrogen (secondary N) is 1. The molecule has 0 radical (unpaired) electrons. The molecular formula is C18H19ClN2OS. The Kier molecular flexibility index (Phi) is 5.47. The normalized spacial score (nSPS) is 14.0. The number of benzene rings is 2. The van der Waals surface area contributed by atoms with Crippen molar-refractivity contribution in [1.29, 1.82) is 0 Å². The number of rotatable bonds is 5. The van der Waals surface area contributed by atoms with E-state index in [0.717, 1.165) is 23.7 Å². The highest BCUT2D eigenvalue weighted by Gasteiger charge is 2.12. The summed E-state index contributed by atoms with van der Waals surface area (Å²) in [6, 6.07) is 15.6. The summed E-state index contributed by atoms with van der Waals surface area (Å²) in [4.78, 5) is 15.4. The van der Waals surface area contributed by atoms with Gasteiger partial charge in [0.1, 0.15) is 0 Å². The fourth-order valence-electron chi connectivity index (χ4n) is 2.63. The van der Waals surface area contributed by atoms with Crippen molar-refractivity contribution >= 4 is 40.6 Å². The molecule has 1 saturated heterocycles. The molecular weight excluding hydrogens is 328 g/mol. The van der Waals surface area contributed by atoms with Crippen molar-refractivity contribution in [3.63, 3.8) is 0 Å². The number of thioether (sulfide) groups is 1. The maximum atomic E-state index is 12.1. The van der Waals surface area contributed by atoms with Crippen LogP contribution < -0.4 is 10.2 Å². The van der Waals surface area contributed by atoms with Crippen LogP contribution in [0.15, 0.2) is 53.4 Å². The van der Waals surface area contributed by atoms with E-state index in [-0.39, 0.29) is 5.91 Å². The van der Waals surface area contributed by atoms with E-state index in [0.29, 0.717) is 10.8 Å². The number of amides is 1. The van der Waals surface area contributed by atoms with Gasteiger partial charge in [0, 0.05) is 29.4 Å². The zero-order valence-electron chi connectivity index (χ0n) is 12.8.